The monoisotopic (exact) mass is 396 g/mol. The second-order valence-corrected chi connectivity index (χ2v) is 8.08. The SMILES string of the molecule is Cc1ccccc1CC(=O)N1CC2CN(C(=O)c3c[nH]c(=O)cn3)CC2(CO)C1. The average molecular weight is 396 g/mol. The third kappa shape index (κ3) is 3.55. The van der Waals surface area contributed by atoms with Gasteiger partial charge in [0.25, 0.3) is 11.5 Å². The van der Waals surface area contributed by atoms with Gasteiger partial charge >= 0.3 is 0 Å². The number of aryl methyl sites for hydroxylation is 1. The molecule has 2 aliphatic rings. The number of hydrogen-bond acceptors (Lipinski definition) is 5. The van der Waals surface area contributed by atoms with Gasteiger partial charge in [-0.25, -0.2) is 4.98 Å². The molecule has 2 amide bonds. The molecule has 1 aromatic heterocycles. The topological polar surface area (TPSA) is 107 Å². The van der Waals surface area contributed by atoms with E-state index in [9.17, 15) is 19.5 Å². The van der Waals surface area contributed by atoms with E-state index in [1.807, 2.05) is 36.1 Å². The number of carbonyl (C=O) groups is 2. The van der Waals surface area contributed by atoms with E-state index in [4.69, 9.17) is 0 Å². The Balaban J connectivity index is 1.45. The molecule has 2 fully saturated rings. The number of hydrogen-bond donors (Lipinski definition) is 2. The highest BCUT2D eigenvalue weighted by atomic mass is 16.3. The average Bonchev–Trinajstić information content (AvgIpc) is 3.25. The number of aliphatic hydroxyl groups is 1. The first-order valence-corrected chi connectivity index (χ1v) is 9.69. The molecule has 3 heterocycles. The Bertz CT molecular complexity index is 984. The molecule has 2 saturated heterocycles. The van der Waals surface area contributed by atoms with Crippen LogP contribution in [0.15, 0.2) is 41.5 Å². The first-order chi connectivity index (χ1) is 13.9. The Morgan fingerprint density at radius 1 is 1.24 bits per heavy atom. The smallest absolute Gasteiger partial charge is 0.273 e. The molecule has 2 aliphatic heterocycles. The Hall–Kier alpha value is -3.00. The van der Waals surface area contributed by atoms with Crippen molar-refractivity contribution in [3.8, 4) is 0 Å². The first-order valence-electron chi connectivity index (χ1n) is 9.69. The third-order valence-electron chi connectivity index (χ3n) is 6.21. The molecule has 0 radical (unpaired) electrons. The minimum Gasteiger partial charge on any atom is -0.396 e. The lowest BCUT2D eigenvalue weighted by molar-refractivity contribution is -0.130. The fourth-order valence-electron chi connectivity index (χ4n) is 4.45. The molecule has 0 spiro atoms. The number of likely N-dealkylation sites (tertiary alicyclic amines) is 2. The maximum atomic E-state index is 12.8. The lowest BCUT2D eigenvalue weighted by Gasteiger charge is -2.27. The lowest BCUT2D eigenvalue weighted by Crippen LogP contribution is -2.41. The van der Waals surface area contributed by atoms with Gasteiger partial charge in [0.2, 0.25) is 5.91 Å². The van der Waals surface area contributed by atoms with Crippen LogP contribution >= 0.6 is 0 Å². The van der Waals surface area contributed by atoms with Crippen molar-refractivity contribution in [1.29, 1.82) is 0 Å². The minimum absolute atomic E-state index is 0.0139. The molecule has 0 bridgehead atoms. The van der Waals surface area contributed by atoms with Crippen molar-refractivity contribution in [1.82, 2.24) is 19.8 Å². The number of benzene rings is 1. The standard InChI is InChI=1S/C21H24N4O4/c1-14-4-2-3-5-15(14)6-19(28)24-9-16-10-25(12-21(16,11-24)13-26)20(29)17-7-23-18(27)8-22-17/h2-5,7-8,16,26H,6,9-13H2,1H3,(H,23,27). The van der Waals surface area contributed by atoms with Crippen LogP contribution in [0.3, 0.4) is 0 Å². The van der Waals surface area contributed by atoms with Gasteiger partial charge in [0.1, 0.15) is 5.69 Å². The van der Waals surface area contributed by atoms with Crippen LogP contribution in [0.2, 0.25) is 0 Å². The van der Waals surface area contributed by atoms with Crippen LogP contribution in [0, 0.1) is 18.3 Å². The molecule has 8 heteroatoms. The number of rotatable bonds is 4. The summed E-state index contributed by atoms with van der Waals surface area (Å²) in [6.45, 7) is 3.67. The third-order valence-corrected chi connectivity index (χ3v) is 6.21. The zero-order valence-electron chi connectivity index (χ0n) is 16.3. The maximum absolute atomic E-state index is 12.8. The number of aliphatic hydroxyl groups excluding tert-OH is 1. The van der Waals surface area contributed by atoms with Gasteiger partial charge < -0.3 is 19.9 Å². The quantitative estimate of drug-likeness (QED) is 0.769. The van der Waals surface area contributed by atoms with Gasteiger partial charge in [-0.15, -0.1) is 0 Å². The number of fused-ring (bicyclic) bond motifs is 1. The second kappa shape index (κ2) is 7.44. The maximum Gasteiger partial charge on any atom is 0.273 e. The van der Waals surface area contributed by atoms with Crippen LogP contribution < -0.4 is 5.56 Å². The predicted octanol–water partition coefficient (Wildman–Crippen LogP) is 0.214. The molecule has 2 unspecified atom stereocenters. The van der Waals surface area contributed by atoms with Crippen molar-refractivity contribution in [2.45, 2.75) is 13.3 Å². The first kappa shape index (κ1) is 19.3. The molecule has 1 aromatic carbocycles. The van der Waals surface area contributed by atoms with Crippen LogP contribution in [-0.4, -0.2) is 69.5 Å². The molecule has 152 valence electrons. The van der Waals surface area contributed by atoms with Crippen molar-refractivity contribution in [3.63, 3.8) is 0 Å². The summed E-state index contributed by atoms with van der Waals surface area (Å²) >= 11 is 0. The number of aromatic nitrogens is 2. The van der Waals surface area contributed by atoms with Gasteiger partial charge in [-0.2, -0.15) is 0 Å². The highest BCUT2D eigenvalue weighted by molar-refractivity contribution is 5.92. The molecule has 2 aromatic rings. The van der Waals surface area contributed by atoms with E-state index in [1.54, 1.807) is 4.90 Å². The second-order valence-electron chi connectivity index (χ2n) is 8.08. The molecular weight excluding hydrogens is 372 g/mol. The van der Waals surface area contributed by atoms with Crippen LogP contribution in [-0.2, 0) is 11.2 Å². The van der Waals surface area contributed by atoms with E-state index >= 15 is 0 Å². The molecule has 2 atom stereocenters. The molecule has 0 aliphatic carbocycles. The van der Waals surface area contributed by atoms with Crippen LogP contribution in [0.1, 0.15) is 21.6 Å². The molecule has 8 nitrogen and oxygen atoms in total. The molecule has 4 rings (SSSR count). The van der Waals surface area contributed by atoms with Gasteiger partial charge in [0, 0.05) is 43.7 Å². The van der Waals surface area contributed by atoms with Crippen LogP contribution in [0.5, 0.6) is 0 Å². The summed E-state index contributed by atoms with van der Waals surface area (Å²) < 4.78 is 0. The summed E-state index contributed by atoms with van der Waals surface area (Å²) in [4.78, 5) is 46.6. The Morgan fingerprint density at radius 3 is 2.62 bits per heavy atom. The van der Waals surface area contributed by atoms with E-state index in [-0.39, 0.29) is 35.6 Å². The summed E-state index contributed by atoms with van der Waals surface area (Å²) in [5, 5.41) is 10.1. The van der Waals surface area contributed by atoms with Crippen LogP contribution in [0.4, 0.5) is 0 Å². The van der Waals surface area contributed by atoms with Gasteiger partial charge in [-0.1, -0.05) is 24.3 Å². The van der Waals surface area contributed by atoms with Crippen molar-refractivity contribution < 1.29 is 14.7 Å². The van der Waals surface area contributed by atoms with Gasteiger partial charge in [0.15, 0.2) is 0 Å². The molecule has 0 saturated carbocycles. The largest absolute Gasteiger partial charge is 0.396 e. The van der Waals surface area contributed by atoms with E-state index in [2.05, 4.69) is 9.97 Å². The summed E-state index contributed by atoms with van der Waals surface area (Å²) in [7, 11) is 0. The number of carbonyl (C=O) groups excluding carboxylic acids is 2. The Morgan fingerprint density at radius 2 is 1.97 bits per heavy atom. The van der Waals surface area contributed by atoms with Crippen LogP contribution in [0.25, 0.3) is 0 Å². The van der Waals surface area contributed by atoms with E-state index < -0.39 is 5.41 Å². The molecule has 29 heavy (non-hydrogen) atoms. The summed E-state index contributed by atoms with van der Waals surface area (Å²) in [5.74, 6) is -0.219. The molecule has 2 N–H and O–H groups in total. The van der Waals surface area contributed by atoms with Crippen molar-refractivity contribution >= 4 is 11.8 Å². The van der Waals surface area contributed by atoms with Crippen molar-refractivity contribution in [2.24, 2.45) is 11.3 Å². The summed E-state index contributed by atoms with van der Waals surface area (Å²) in [6.07, 6.45) is 2.73. The Kier molecular flexibility index (Phi) is 4.96. The fraction of sp³-hybridized carbons (Fsp3) is 0.429. The van der Waals surface area contributed by atoms with E-state index in [0.717, 1.165) is 17.3 Å². The number of nitrogens with one attached hydrogen (secondary N) is 1. The lowest BCUT2D eigenvalue weighted by atomic mass is 9.82. The van der Waals surface area contributed by atoms with E-state index in [1.165, 1.54) is 6.20 Å². The van der Waals surface area contributed by atoms with Gasteiger partial charge in [-0.05, 0) is 18.1 Å². The highest BCUT2D eigenvalue weighted by Gasteiger charge is 2.54. The zero-order chi connectivity index (χ0) is 20.6. The zero-order valence-corrected chi connectivity index (χ0v) is 16.3. The fourth-order valence-corrected chi connectivity index (χ4v) is 4.45. The highest BCUT2D eigenvalue weighted by Crippen LogP contribution is 2.42. The number of aromatic amines is 1. The molecular formula is C21H24N4O4. The summed E-state index contributed by atoms with van der Waals surface area (Å²) in [6, 6.07) is 7.83. The predicted molar refractivity (Wildman–Crippen MR) is 105 cm³/mol. The van der Waals surface area contributed by atoms with Crippen molar-refractivity contribution in [3.05, 3.63) is 63.8 Å². The summed E-state index contributed by atoms with van der Waals surface area (Å²) in [5.41, 5.74) is 1.38. The minimum atomic E-state index is -0.515. The van der Waals surface area contributed by atoms with Gasteiger partial charge in [-0.3, -0.25) is 14.4 Å². The Labute approximate surface area is 168 Å². The number of amides is 2. The van der Waals surface area contributed by atoms with E-state index in [0.29, 0.717) is 32.6 Å². The normalized spacial score (nSPS) is 23.3. The van der Waals surface area contributed by atoms with Gasteiger partial charge in [0.05, 0.1) is 19.2 Å². The number of H-pyrrole nitrogens is 1. The number of nitrogens with zero attached hydrogens (tertiary/aromatic N) is 3. The van der Waals surface area contributed by atoms with Crippen molar-refractivity contribution in [2.75, 3.05) is 32.8 Å².